The van der Waals surface area contributed by atoms with Gasteiger partial charge in [-0.05, 0) is 55.5 Å². The normalized spacial score (nSPS) is 11.1. The summed E-state index contributed by atoms with van der Waals surface area (Å²) in [5.41, 5.74) is 1.24. The molecule has 0 bridgehead atoms. The van der Waals surface area contributed by atoms with Crippen LogP contribution < -0.4 is 10.6 Å². The maximum absolute atomic E-state index is 12.6. The van der Waals surface area contributed by atoms with Crippen molar-refractivity contribution in [1.29, 1.82) is 5.26 Å². The average Bonchev–Trinajstić information content (AvgIpc) is 3.29. The number of para-hydroxylation sites is 1. The van der Waals surface area contributed by atoms with Gasteiger partial charge in [0.2, 0.25) is 0 Å². The molecular formula is C22H17N3O5. The van der Waals surface area contributed by atoms with Gasteiger partial charge in [-0.15, -0.1) is 0 Å². The van der Waals surface area contributed by atoms with Crippen molar-refractivity contribution in [2.45, 2.75) is 13.0 Å². The van der Waals surface area contributed by atoms with Crippen LogP contribution in [0, 0.1) is 11.3 Å². The molecule has 0 fully saturated rings. The number of nitrogens with one attached hydrogen (secondary N) is 2. The van der Waals surface area contributed by atoms with E-state index >= 15 is 0 Å². The van der Waals surface area contributed by atoms with E-state index < -0.39 is 23.9 Å². The van der Waals surface area contributed by atoms with E-state index in [0.717, 1.165) is 0 Å². The number of hydrogen-bond acceptors (Lipinski definition) is 6. The number of nitrogens with zero attached hydrogens (tertiary/aromatic N) is 1. The summed E-state index contributed by atoms with van der Waals surface area (Å²) in [6.07, 6.45) is 0.269. The van der Waals surface area contributed by atoms with Crippen LogP contribution in [0.25, 0.3) is 0 Å². The zero-order valence-electron chi connectivity index (χ0n) is 15.9. The first-order valence-electron chi connectivity index (χ1n) is 8.94. The molecule has 1 atom stereocenters. The molecule has 2 aromatic carbocycles. The first-order valence-corrected chi connectivity index (χ1v) is 8.94. The first kappa shape index (κ1) is 20.4. The molecular weight excluding hydrogens is 386 g/mol. The third-order valence-electron chi connectivity index (χ3n) is 4.07. The molecule has 3 rings (SSSR count). The van der Waals surface area contributed by atoms with Gasteiger partial charge in [-0.1, -0.05) is 12.1 Å². The summed E-state index contributed by atoms with van der Waals surface area (Å²) in [4.78, 5) is 37.1. The van der Waals surface area contributed by atoms with Crippen LogP contribution in [0.4, 0.5) is 11.4 Å². The number of carbonyl (C=O) groups is 3. The van der Waals surface area contributed by atoms with Crippen molar-refractivity contribution in [3.8, 4) is 6.07 Å². The Hall–Kier alpha value is -4.38. The molecule has 150 valence electrons. The van der Waals surface area contributed by atoms with Gasteiger partial charge >= 0.3 is 5.97 Å². The van der Waals surface area contributed by atoms with Crippen LogP contribution in [0.3, 0.4) is 0 Å². The van der Waals surface area contributed by atoms with Crippen LogP contribution in [0.5, 0.6) is 0 Å². The third-order valence-corrected chi connectivity index (χ3v) is 4.07. The van der Waals surface area contributed by atoms with Gasteiger partial charge in [-0.2, -0.15) is 5.26 Å². The van der Waals surface area contributed by atoms with Crippen molar-refractivity contribution in [1.82, 2.24) is 0 Å². The van der Waals surface area contributed by atoms with Gasteiger partial charge in [0.15, 0.2) is 11.9 Å². The van der Waals surface area contributed by atoms with E-state index in [2.05, 4.69) is 10.6 Å². The van der Waals surface area contributed by atoms with Crippen LogP contribution in [-0.2, 0) is 9.53 Å². The zero-order chi connectivity index (χ0) is 21.5. The molecule has 0 aliphatic rings. The number of carbonyl (C=O) groups excluding carboxylic acids is 3. The molecule has 0 saturated heterocycles. The van der Waals surface area contributed by atoms with Gasteiger partial charge in [0, 0.05) is 5.69 Å². The lowest BCUT2D eigenvalue weighted by molar-refractivity contribution is -0.123. The van der Waals surface area contributed by atoms with Gasteiger partial charge in [0.25, 0.3) is 11.8 Å². The van der Waals surface area contributed by atoms with Gasteiger partial charge in [-0.25, -0.2) is 4.79 Å². The first-order chi connectivity index (χ1) is 14.5. The number of anilines is 2. The van der Waals surface area contributed by atoms with Gasteiger partial charge < -0.3 is 19.8 Å². The average molecular weight is 403 g/mol. The molecule has 2 N–H and O–H groups in total. The van der Waals surface area contributed by atoms with Crippen molar-refractivity contribution in [2.75, 3.05) is 10.6 Å². The lowest BCUT2D eigenvalue weighted by Gasteiger charge is -2.15. The number of nitriles is 1. The van der Waals surface area contributed by atoms with E-state index in [-0.39, 0.29) is 17.0 Å². The smallest absolute Gasteiger partial charge is 0.341 e. The quantitative estimate of drug-likeness (QED) is 0.607. The van der Waals surface area contributed by atoms with E-state index in [0.29, 0.717) is 11.3 Å². The fourth-order valence-corrected chi connectivity index (χ4v) is 2.51. The second kappa shape index (κ2) is 9.21. The Balaban J connectivity index is 1.65. The van der Waals surface area contributed by atoms with Gasteiger partial charge in [0.1, 0.15) is 0 Å². The third kappa shape index (κ3) is 4.91. The minimum absolute atomic E-state index is 0.0910. The number of furan rings is 1. The lowest BCUT2D eigenvalue weighted by Crippen LogP contribution is -2.30. The zero-order valence-corrected chi connectivity index (χ0v) is 15.9. The maximum atomic E-state index is 12.6. The number of esters is 1. The molecule has 3 aromatic rings. The maximum Gasteiger partial charge on any atom is 0.341 e. The second-order valence-electron chi connectivity index (χ2n) is 6.20. The minimum Gasteiger partial charge on any atom is -0.459 e. The second-order valence-corrected chi connectivity index (χ2v) is 6.20. The molecule has 8 heteroatoms. The molecule has 0 aliphatic heterocycles. The highest BCUT2D eigenvalue weighted by Gasteiger charge is 2.22. The van der Waals surface area contributed by atoms with Gasteiger partial charge in [-0.3, -0.25) is 9.59 Å². The molecule has 30 heavy (non-hydrogen) atoms. The predicted octanol–water partition coefficient (Wildman–Crippen LogP) is 3.59. The molecule has 8 nitrogen and oxygen atoms in total. The Labute approximate surface area is 172 Å². The Morgan fingerprint density at radius 1 is 1.00 bits per heavy atom. The summed E-state index contributed by atoms with van der Waals surface area (Å²) >= 11 is 0. The van der Waals surface area contributed by atoms with Crippen LogP contribution in [-0.4, -0.2) is 23.9 Å². The van der Waals surface area contributed by atoms with E-state index in [4.69, 9.17) is 14.4 Å². The Morgan fingerprint density at radius 3 is 2.40 bits per heavy atom. The molecule has 0 spiro atoms. The molecule has 0 saturated carbocycles. The monoisotopic (exact) mass is 403 g/mol. The van der Waals surface area contributed by atoms with Crippen molar-refractivity contribution in [3.05, 3.63) is 83.8 Å². The molecule has 0 aliphatic carbocycles. The van der Waals surface area contributed by atoms with Crippen molar-refractivity contribution >= 4 is 29.2 Å². The van der Waals surface area contributed by atoms with E-state index in [1.807, 2.05) is 6.07 Å². The predicted molar refractivity (Wildman–Crippen MR) is 108 cm³/mol. The van der Waals surface area contributed by atoms with E-state index in [1.165, 1.54) is 25.3 Å². The number of hydrogen-bond donors (Lipinski definition) is 2. The Kier molecular flexibility index (Phi) is 6.25. The van der Waals surface area contributed by atoms with Crippen LogP contribution >= 0.6 is 0 Å². The summed E-state index contributed by atoms with van der Waals surface area (Å²) in [6.45, 7) is 1.43. The molecule has 0 radical (unpaired) electrons. The van der Waals surface area contributed by atoms with E-state index in [9.17, 15) is 14.4 Å². The minimum atomic E-state index is -1.10. The van der Waals surface area contributed by atoms with Gasteiger partial charge in [0.05, 0.1) is 29.1 Å². The standard InChI is InChI=1S/C22H17N3O5/c1-14(20(26)24-16-10-8-15(13-23)9-11-16)30-22(28)17-5-2-3-6-18(17)25-21(27)19-7-4-12-29-19/h2-12,14H,1H3,(H,24,26)(H,25,27)/t14-/m0/s1. The summed E-state index contributed by atoms with van der Waals surface area (Å²) in [7, 11) is 0. The molecule has 0 unspecified atom stereocenters. The van der Waals surface area contributed by atoms with Crippen molar-refractivity contribution in [2.24, 2.45) is 0 Å². The van der Waals surface area contributed by atoms with Crippen molar-refractivity contribution < 1.29 is 23.5 Å². The molecule has 1 heterocycles. The fraction of sp³-hybridized carbons (Fsp3) is 0.0909. The molecule has 1 aromatic heterocycles. The van der Waals surface area contributed by atoms with Crippen molar-refractivity contribution in [3.63, 3.8) is 0 Å². The summed E-state index contributed by atoms with van der Waals surface area (Å²) in [6, 6.07) is 17.6. The van der Waals surface area contributed by atoms with Crippen LogP contribution in [0.15, 0.2) is 71.3 Å². The highest BCUT2D eigenvalue weighted by molar-refractivity contribution is 6.07. The van der Waals surface area contributed by atoms with E-state index in [1.54, 1.807) is 48.5 Å². The highest BCUT2D eigenvalue weighted by Crippen LogP contribution is 2.19. The van der Waals surface area contributed by atoms with Crippen LogP contribution in [0.2, 0.25) is 0 Å². The molecule has 2 amide bonds. The number of ether oxygens (including phenoxy) is 1. The fourth-order valence-electron chi connectivity index (χ4n) is 2.51. The number of rotatable bonds is 6. The SMILES string of the molecule is C[C@H](OC(=O)c1ccccc1NC(=O)c1ccco1)C(=O)Nc1ccc(C#N)cc1. The number of benzene rings is 2. The van der Waals surface area contributed by atoms with Crippen LogP contribution in [0.1, 0.15) is 33.4 Å². The topological polar surface area (TPSA) is 121 Å². The largest absolute Gasteiger partial charge is 0.459 e. The summed E-state index contributed by atoms with van der Waals surface area (Å²) < 4.78 is 10.3. The summed E-state index contributed by atoms with van der Waals surface area (Å²) in [5, 5.41) is 14.0. The Bertz CT molecular complexity index is 1100. The Morgan fingerprint density at radius 2 is 1.73 bits per heavy atom. The lowest BCUT2D eigenvalue weighted by atomic mass is 10.1. The highest BCUT2D eigenvalue weighted by atomic mass is 16.5. The summed E-state index contributed by atoms with van der Waals surface area (Å²) in [5.74, 6) is -1.74. The number of amides is 2.